The van der Waals surface area contributed by atoms with Crippen molar-refractivity contribution < 1.29 is 28.6 Å². The van der Waals surface area contributed by atoms with Gasteiger partial charge in [-0.15, -0.1) is 0 Å². The predicted octanol–water partition coefficient (Wildman–Crippen LogP) is 4.35. The highest BCUT2D eigenvalue weighted by atomic mass is 16.6. The highest BCUT2D eigenvalue weighted by Gasteiger charge is 2.71. The normalized spacial score (nSPS) is 49.0. The van der Waals surface area contributed by atoms with E-state index >= 15 is 0 Å². The second-order valence-corrected chi connectivity index (χ2v) is 11.6. The fourth-order valence-corrected chi connectivity index (χ4v) is 8.84. The van der Waals surface area contributed by atoms with Gasteiger partial charge >= 0.3 is 17.9 Å². The van der Waals surface area contributed by atoms with E-state index in [4.69, 9.17) is 14.2 Å². The quantitative estimate of drug-likeness (QED) is 0.358. The zero-order valence-electron chi connectivity index (χ0n) is 19.9. The number of carbonyl (C=O) groups excluding carboxylic acids is 3. The van der Waals surface area contributed by atoms with Crippen LogP contribution < -0.4 is 0 Å². The van der Waals surface area contributed by atoms with Gasteiger partial charge in [0.15, 0.2) is 0 Å². The lowest BCUT2D eigenvalue weighted by Gasteiger charge is -2.58. The summed E-state index contributed by atoms with van der Waals surface area (Å²) in [6.07, 6.45) is 9.11. The molecule has 3 saturated carbocycles. The minimum absolute atomic E-state index is 0.00641. The van der Waals surface area contributed by atoms with Crippen molar-refractivity contribution in [3.05, 3.63) is 11.6 Å². The molecule has 0 amide bonds. The monoisotopic (exact) mass is 444 g/mol. The molecule has 5 rings (SSSR count). The second-order valence-electron chi connectivity index (χ2n) is 11.6. The van der Waals surface area contributed by atoms with Crippen molar-refractivity contribution in [2.75, 3.05) is 0 Å². The third-order valence-corrected chi connectivity index (χ3v) is 10.0. The molecule has 1 saturated heterocycles. The fraction of sp³-hybridized carbons (Fsp3) is 0.808. The maximum atomic E-state index is 12.7. The smallest absolute Gasteiger partial charge is 0.351 e. The summed E-state index contributed by atoms with van der Waals surface area (Å²) in [6.45, 7) is 9.35. The highest BCUT2D eigenvalue weighted by Crippen LogP contribution is 2.69. The van der Waals surface area contributed by atoms with Crippen molar-refractivity contribution in [3.8, 4) is 0 Å². The van der Waals surface area contributed by atoms with Gasteiger partial charge in [-0.25, -0.2) is 4.79 Å². The largest absolute Gasteiger partial charge is 0.462 e. The van der Waals surface area contributed by atoms with Crippen molar-refractivity contribution in [3.63, 3.8) is 0 Å². The first kappa shape index (κ1) is 22.0. The lowest BCUT2D eigenvalue weighted by atomic mass is 9.47. The number of rotatable bonds is 2. The van der Waals surface area contributed by atoms with Gasteiger partial charge in [0.2, 0.25) is 5.60 Å². The summed E-state index contributed by atoms with van der Waals surface area (Å²) >= 11 is 0. The number of hydrogen-bond acceptors (Lipinski definition) is 6. The molecular formula is C26H36O6. The topological polar surface area (TPSA) is 78.9 Å². The molecule has 32 heavy (non-hydrogen) atoms. The van der Waals surface area contributed by atoms with Crippen molar-refractivity contribution in [1.82, 2.24) is 0 Å². The summed E-state index contributed by atoms with van der Waals surface area (Å²) in [5.41, 5.74) is 0.344. The lowest BCUT2D eigenvalue weighted by molar-refractivity contribution is -0.179. The van der Waals surface area contributed by atoms with Crippen LogP contribution in [0.3, 0.4) is 0 Å². The van der Waals surface area contributed by atoms with Crippen molar-refractivity contribution in [1.29, 1.82) is 0 Å². The van der Waals surface area contributed by atoms with Crippen LogP contribution in [0, 0.1) is 34.5 Å². The van der Waals surface area contributed by atoms with Crippen LogP contribution in [0.2, 0.25) is 0 Å². The molecule has 0 unspecified atom stereocenters. The van der Waals surface area contributed by atoms with E-state index in [1.165, 1.54) is 19.4 Å². The Kier molecular flexibility index (Phi) is 4.86. The Bertz CT molecular complexity index is 893. The Hall–Kier alpha value is -1.85. The summed E-state index contributed by atoms with van der Waals surface area (Å²) in [6, 6.07) is 0. The Morgan fingerprint density at radius 1 is 1.06 bits per heavy atom. The molecule has 0 N–H and O–H groups in total. The van der Waals surface area contributed by atoms with E-state index in [9.17, 15) is 14.4 Å². The van der Waals surface area contributed by atoms with Crippen LogP contribution in [-0.2, 0) is 28.6 Å². The molecule has 9 atom stereocenters. The van der Waals surface area contributed by atoms with Gasteiger partial charge in [-0.3, -0.25) is 9.59 Å². The van der Waals surface area contributed by atoms with Gasteiger partial charge in [0.1, 0.15) is 12.2 Å². The molecule has 4 fully saturated rings. The van der Waals surface area contributed by atoms with Gasteiger partial charge in [-0.2, -0.15) is 0 Å². The van der Waals surface area contributed by atoms with Crippen molar-refractivity contribution in [2.24, 2.45) is 34.5 Å². The average Bonchev–Trinajstić information content (AvgIpc) is 3.12. The molecule has 6 nitrogen and oxygen atoms in total. The molecular weight excluding hydrogens is 408 g/mol. The molecule has 0 radical (unpaired) electrons. The van der Waals surface area contributed by atoms with Gasteiger partial charge < -0.3 is 14.2 Å². The summed E-state index contributed by atoms with van der Waals surface area (Å²) in [4.78, 5) is 36.1. The van der Waals surface area contributed by atoms with Gasteiger partial charge in [0, 0.05) is 20.3 Å². The molecule has 0 aromatic rings. The summed E-state index contributed by atoms with van der Waals surface area (Å²) in [5.74, 6) is 0.491. The molecule has 0 bridgehead atoms. The first-order valence-corrected chi connectivity index (χ1v) is 12.3. The number of allylic oxidation sites excluding steroid dienone is 1. The van der Waals surface area contributed by atoms with E-state index < -0.39 is 11.6 Å². The fourth-order valence-electron chi connectivity index (χ4n) is 8.84. The Morgan fingerprint density at radius 3 is 2.50 bits per heavy atom. The SMILES string of the molecule is CC(=O)O[C@@H]1CC[C@@]2(C)C(=CC[C@H]3[C@@H]4C[C@@H]5OC(=O)[C@@](C)(OC(C)=O)[C@@H]5[C@@]4(C)CC[C@@H]32)C1. The standard InChI is InChI=1S/C26H36O6/c1-14(27)30-17-8-10-24(3)16(12-17)6-7-18-19(24)9-11-25(4)20(18)13-21-22(25)26(5,23(29)31-21)32-15(2)28/h6,17-22H,7-13H2,1-5H3/t17-,18-,19+,20+,21+,22+,24+,25+,26+/m1/s1. The molecule has 5 aliphatic rings. The third-order valence-electron chi connectivity index (χ3n) is 10.0. The van der Waals surface area contributed by atoms with Gasteiger partial charge in [-0.1, -0.05) is 25.5 Å². The molecule has 0 aromatic carbocycles. The molecule has 4 aliphatic carbocycles. The Balaban J connectivity index is 1.43. The first-order chi connectivity index (χ1) is 15.0. The number of fused-ring (bicyclic) bond motifs is 7. The average molecular weight is 445 g/mol. The van der Waals surface area contributed by atoms with Crippen LogP contribution >= 0.6 is 0 Å². The second kappa shape index (κ2) is 7.07. The van der Waals surface area contributed by atoms with Crippen molar-refractivity contribution in [2.45, 2.75) is 97.4 Å². The summed E-state index contributed by atoms with van der Waals surface area (Å²) in [5, 5.41) is 0. The minimum atomic E-state index is -1.19. The number of hydrogen-bond donors (Lipinski definition) is 0. The Labute approximate surface area is 190 Å². The molecule has 0 aromatic heterocycles. The molecule has 0 spiro atoms. The number of carbonyl (C=O) groups is 3. The van der Waals surface area contributed by atoms with Crippen LogP contribution in [0.25, 0.3) is 0 Å². The highest BCUT2D eigenvalue weighted by molar-refractivity contribution is 5.85. The van der Waals surface area contributed by atoms with E-state index in [0.717, 1.165) is 44.9 Å². The zero-order valence-corrected chi connectivity index (χ0v) is 19.9. The van der Waals surface area contributed by atoms with Crippen LogP contribution in [-0.4, -0.2) is 35.7 Å². The Morgan fingerprint density at radius 2 is 1.81 bits per heavy atom. The van der Waals surface area contributed by atoms with Crippen LogP contribution in [0.4, 0.5) is 0 Å². The lowest BCUT2D eigenvalue weighted by Crippen LogP contribution is -2.54. The van der Waals surface area contributed by atoms with Gasteiger partial charge in [-0.05, 0) is 74.0 Å². The minimum Gasteiger partial charge on any atom is -0.462 e. The van der Waals surface area contributed by atoms with E-state index in [1.807, 2.05) is 0 Å². The predicted molar refractivity (Wildman–Crippen MR) is 116 cm³/mol. The van der Waals surface area contributed by atoms with Crippen LogP contribution in [0.15, 0.2) is 11.6 Å². The van der Waals surface area contributed by atoms with E-state index in [2.05, 4.69) is 19.9 Å². The van der Waals surface area contributed by atoms with Crippen molar-refractivity contribution >= 4 is 17.9 Å². The number of esters is 3. The van der Waals surface area contributed by atoms with Crippen LogP contribution in [0.1, 0.15) is 79.6 Å². The maximum absolute atomic E-state index is 12.7. The third kappa shape index (κ3) is 2.93. The van der Waals surface area contributed by atoms with Gasteiger partial charge in [0.25, 0.3) is 0 Å². The van der Waals surface area contributed by atoms with Gasteiger partial charge in [0.05, 0.1) is 5.92 Å². The number of ether oxygens (including phenoxy) is 3. The van der Waals surface area contributed by atoms with E-state index in [1.54, 1.807) is 6.92 Å². The molecule has 1 heterocycles. The molecule has 176 valence electrons. The summed E-state index contributed by atoms with van der Waals surface area (Å²) in [7, 11) is 0. The van der Waals surface area contributed by atoms with E-state index in [-0.39, 0.29) is 40.9 Å². The molecule has 1 aliphatic heterocycles. The molecule has 6 heteroatoms. The first-order valence-electron chi connectivity index (χ1n) is 12.3. The zero-order chi connectivity index (χ0) is 23.1. The van der Waals surface area contributed by atoms with E-state index in [0.29, 0.717) is 17.8 Å². The van der Waals surface area contributed by atoms with Crippen LogP contribution in [0.5, 0.6) is 0 Å². The summed E-state index contributed by atoms with van der Waals surface area (Å²) < 4.78 is 17.1. The maximum Gasteiger partial charge on any atom is 0.351 e.